The van der Waals surface area contributed by atoms with E-state index in [1.807, 2.05) is 24.3 Å². The van der Waals surface area contributed by atoms with Crippen molar-refractivity contribution in [3.8, 4) is 6.07 Å². The highest BCUT2D eigenvalue weighted by Crippen LogP contribution is 2.37. The number of ether oxygens (including phenoxy) is 1. The summed E-state index contributed by atoms with van der Waals surface area (Å²) < 4.78 is 5.01. The van der Waals surface area contributed by atoms with Crippen LogP contribution < -0.4 is 0 Å². The molecule has 0 fully saturated rings. The van der Waals surface area contributed by atoms with Gasteiger partial charge in [-0.25, -0.2) is 4.79 Å². The fourth-order valence-electron chi connectivity index (χ4n) is 2.97. The maximum Gasteiger partial charge on any atom is 0.349 e. The van der Waals surface area contributed by atoms with Gasteiger partial charge in [-0.15, -0.1) is 0 Å². The molecule has 0 bridgehead atoms. The lowest BCUT2D eigenvalue weighted by Crippen LogP contribution is -2.11. The van der Waals surface area contributed by atoms with Crippen LogP contribution >= 0.6 is 0 Å². The lowest BCUT2D eigenvalue weighted by atomic mass is 9.83. The Balaban J connectivity index is 2.26. The molecule has 0 atom stereocenters. The van der Waals surface area contributed by atoms with Crippen LogP contribution in [-0.4, -0.2) is 12.6 Å². The average Bonchev–Trinajstić information content (AvgIpc) is 2.51. The lowest BCUT2D eigenvalue weighted by Gasteiger charge is -2.20. The molecule has 0 N–H and O–H groups in total. The van der Waals surface area contributed by atoms with Crippen molar-refractivity contribution in [2.45, 2.75) is 19.8 Å². The minimum absolute atomic E-state index is 0.138. The first-order valence-corrected chi connectivity index (χ1v) is 7.07. The Morgan fingerprint density at radius 1 is 1.24 bits per heavy atom. The molecule has 0 saturated heterocycles. The quantitative estimate of drug-likeness (QED) is 0.478. The lowest BCUT2D eigenvalue weighted by molar-refractivity contribution is -0.137. The molecule has 0 aliphatic heterocycles. The van der Waals surface area contributed by atoms with E-state index in [0.717, 1.165) is 28.3 Å². The zero-order chi connectivity index (χ0) is 14.8. The second-order valence-corrected chi connectivity index (χ2v) is 5.01. The third kappa shape index (κ3) is 2.19. The molecule has 3 heteroatoms. The van der Waals surface area contributed by atoms with Crippen molar-refractivity contribution in [3.05, 3.63) is 53.1 Å². The molecule has 3 nitrogen and oxygen atoms in total. The molecule has 0 aromatic heterocycles. The van der Waals surface area contributed by atoms with Gasteiger partial charge in [0, 0.05) is 0 Å². The highest BCUT2D eigenvalue weighted by atomic mass is 16.5. The van der Waals surface area contributed by atoms with Crippen molar-refractivity contribution < 1.29 is 9.53 Å². The Hall–Kier alpha value is -2.60. The van der Waals surface area contributed by atoms with Gasteiger partial charge >= 0.3 is 5.97 Å². The van der Waals surface area contributed by atoms with Crippen LogP contribution in [0.5, 0.6) is 0 Å². The molecule has 0 radical (unpaired) electrons. The molecular weight excluding hydrogens is 262 g/mol. The summed E-state index contributed by atoms with van der Waals surface area (Å²) in [6, 6.07) is 14.3. The highest BCUT2D eigenvalue weighted by molar-refractivity contribution is 6.07. The van der Waals surface area contributed by atoms with Gasteiger partial charge in [0.2, 0.25) is 0 Å². The van der Waals surface area contributed by atoms with Crippen LogP contribution in [-0.2, 0) is 16.0 Å². The van der Waals surface area contributed by atoms with E-state index in [4.69, 9.17) is 4.74 Å². The van der Waals surface area contributed by atoms with Crippen molar-refractivity contribution in [2.75, 3.05) is 6.61 Å². The van der Waals surface area contributed by atoms with E-state index in [2.05, 4.69) is 18.2 Å². The predicted molar refractivity (Wildman–Crippen MR) is 81.4 cm³/mol. The van der Waals surface area contributed by atoms with Gasteiger partial charge < -0.3 is 4.74 Å². The third-order valence-corrected chi connectivity index (χ3v) is 3.85. The Morgan fingerprint density at radius 2 is 2.00 bits per heavy atom. The van der Waals surface area contributed by atoms with E-state index in [-0.39, 0.29) is 12.2 Å². The number of esters is 1. The smallest absolute Gasteiger partial charge is 0.349 e. The zero-order valence-corrected chi connectivity index (χ0v) is 11.8. The van der Waals surface area contributed by atoms with Crippen molar-refractivity contribution in [1.82, 2.24) is 0 Å². The predicted octanol–water partition coefficient (Wildman–Crippen LogP) is 3.63. The Kier molecular flexibility index (Phi) is 3.45. The summed E-state index contributed by atoms with van der Waals surface area (Å²) in [4.78, 5) is 12.0. The largest absolute Gasteiger partial charge is 0.462 e. The molecule has 0 spiro atoms. The number of hydrogen-bond acceptors (Lipinski definition) is 3. The Morgan fingerprint density at radius 3 is 2.71 bits per heavy atom. The number of aryl methyl sites for hydroxylation is 1. The number of benzene rings is 2. The molecule has 3 rings (SSSR count). The molecule has 104 valence electrons. The first-order valence-electron chi connectivity index (χ1n) is 7.07. The summed E-state index contributed by atoms with van der Waals surface area (Å²) in [6.45, 7) is 2.02. The molecule has 1 aliphatic carbocycles. The Labute approximate surface area is 123 Å². The SMILES string of the molecule is CCOC(=O)/C(C#N)=C1/CCc2cccc3cccc1c23. The second kappa shape index (κ2) is 5.41. The number of nitrogens with zero attached hydrogens (tertiary/aromatic N) is 1. The fraction of sp³-hybridized carbons (Fsp3) is 0.222. The van der Waals surface area contributed by atoms with Crippen LogP contribution in [0.15, 0.2) is 42.0 Å². The minimum Gasteiger partial charge on any atom is -0.462 e. The number of hydrogen-bond donors (Lipinski definition) is 0. The number of rotatable bonds is 2. The maximum absolute atomic E-state index is 12.0. The summed E-state index contributed by atoms with van der Waals surface area (Å²) in [5.74, 6) is -0.522. The molecule has 1 aliphatic rings. The van der Waals surface area contributed by atoms with Crippen LogP contribution in [0, 0.1) is 11.3 Å². The number of allylic oxidation sites excluding steroid dienone is 1. The van der Waals surface area contributed by atoms with Gasteiger partial charge in [-0.3, -0.25) is 0 Å². The fourth-order valence-corrected chi connectivity index (χ4v) is 2.97. The van der Waals surface area contributed by atoms with Crippen molar-refractivity contribution >= 4 is 22.3 Å². The molecule has 2 aromatic rings. The van der Waals surface area contributed by atoms with Gasteiger partial charge in [0.1, 0.15) is 11.6 Å². The molecule has 0 amide bonds. The summed E-state index contributed by atoms with van der Waals surface area (Å²) in [5.41, 5.74) is 3.20. The minimum atomic E-state index is -0.522. The van der Waals surface area contributed by atoms with E-state index in [0.29, 0.717) is 6.42 Å². The normalized spacial score (nSPS) is 15.4. The number of carbonyl (C=O) groups excluding carboxylic acids is 1. The van der Waals surface area contributed by atoms with Crippen LogP contribution in [0.2, 0.25) is 0 Å². The van der Waals surface area contributed by atoms with E-state index in [1.54, 1.807) is 6.92 Å². The van der Waals surface area contributed by atoms with Crippen molar-refractivity contribution in [1.29, 1.82) is 5.26 Å². The third-order valence-electron chi connectivity index (χ3n) is 3.85. The van der Waals surface area contributed by atoms with Crippen molar-refractivity contribution in [3.63, 3.8) is 0 Å². The van der Waals surface area contributed by atoms with Gasteiger partial charge in [0.25, 0.3) is 0 Å². The van der Waals surface area contributed by atoms with E-state index >= 15 is 0 Å². The average molecular weight is 277 g/mol. The first-order chi connectivity index (χ1) is 10.3. The Bertz CT molecular complexity index is 791. The van der Waals surface area contributed by atoms with Crippen LogP contribution in [0.3, 0.4) is 0 Å². The number of carbonyl (C=O) groups is 1. The van der Waals surface area contributed by atoms with Gasteiger partial charge in [0.15, 0.2) is 0 Å². The van der Waals surface area contributed by atoms with E-state index in [1.165, 1.54) is 5.56 Å². The summed E-state index contributed by atoms with van der Waals surface area (Å²) in [6.07, 6.45) is 1.53. The zero-order valence-electron chi connectivity index (χ0n) is 11.8. The molecule has 0 saturated carbocycles. The van der Waals surface area contributed by atoms with E-state index < -0.39 is 5.97 Å². The second-order valence-electron chi connectivity index (χ2n) is 5.01. The van der Waals surface area contributed by atoms with Gasteiger partial charge in [-0.2, -0.15) is 5.26 Å². The molecule has 21 heavy (non-hydrogen) atoms. The summed E-state index contributed by atoms with van der Waals surface area (Å²) >= 11 is 0. The van der Waals surface area contributed by atoms with E-state index in [9.17, 15) is 10.1 Å². The monoisotopic (exact) mass is 277 g/mol. The molecule has 0 heterocycles. The topological polar surface area (TPSA) is 50.1 Å². The van der Waals surface area contributed by atoms with Crippen LogP contribution in [0.25, 0.3) is 16.3 Å². The van der Waals surface area contributed by atoms with Crippen molar-refractivity contribution in [2.24, 2.45) is 0 Å². The number of nitriles is 1. The van der Waals surface area contributed by atoms with Gasteiger partial charge in [-0.1, -0.05) is 36.4 Å². The summed E-state index contributed by atoms with van der Waals surface area (Å²) in [7, 11) is 0. The standard InChI is InChI=1S/C18H15NO2/c1-2-21-18(20)16(11-19)14-10-9-13-6-3-5-12-7-4-8-15(14)17(12)13/h3-8H,2,9-10H2,1H3/b16-14-. The van der Waals surface area contributed by atoms with Gasteiger partial charge in [0.05, 0.1) is 6.61 Å². The molecule has 2 aromatic carbocycles. The van der Waals surface area contributed by atoms with Crippen LogP contribution in [0.4, 0.5) is 0 Å². The first kappa shape index (κ1) is 13.4. The van der Waals surface area contributed by atoms with Gasteiger partial charge in [-0.05, 0) is 47.2 Å². The van der Waals surface area contributed by atoms with Crippen LogP contribution in [0.1, 0.15) is 24.5 Å². The molecular formula is C18H15NO2. The summed E-state index contributed by atoms with van der Waals surface area (Å²) in [5, 5.41) is 11.7. The highest BCUT2D eigenvalue weighted by Gasteiger charge is 2.23. The molecule has 0 unspecified atom stereocenters. The maximum atomic E-state index is 12.0.